The van der Waals surface area contributed by atoms with Crippen LogP contribution in [-0.2, 0) is 30.3 Å². The number of carbonyl (C=O) groups excluding carboxylic acids is 4. The van der Waals surface area contributed by atoms with E-state index < -0.39 is 24.1 Å². The molecule has 2 amide bonds. The Labute approximate surface area is 224 Å². The van der Waals surface area contributed by atoms with Gasteiger partial charge >= 0.3 is 12.3 Å². The highest BCUT2D eigenvalue weighted by Gasteiger charge is 2.28. The zero-order valence-corrected chi connectivity index (χ0v) is 21.9. The number of guanidine groups is 1. The van der Waals surface area contributed by atoms with E-state index in [4.69, 9.17) is 29.5 Å². The van der Waals surface area contributed by atoms with E-state index in [1.165, 1.54) is 0 Å². The van der Waals surface area contributed by atoms with Crippen molar-refractivity contribution >= 4 is 35.8 Å². The molecular weight excluding hydrogens is 514 g/mol. The van der Waals surface area contributed by atoms with Gasteiger partial charge < -0.3 is 30.0 Å². The third kappa shape index (κ3) is 7.70. The molecule has 3 rings (SSSR count). The molecule has 0 fully saturated rings. The number of hydroxylamine groups is 2. The first kappa shape index (κ1) is 29.0. The van der Waals surface area contributed by atoms with Gasteiger partial charge in [-0.3, -0.25) is 24.7 Å². The van der Waals surface area contributed by atoms with Crippen LogP contribution in [0.15, 0.2) is 29.3 Å². The predicted octanol–water partition coefficient (Wildman–Crippen LogP) is 1.84. The molecule has 14 nitrogen and oxygen atoms in total. The molecule has 0 aromatic carbocycles. The summed E-state index contributed by atoms with van der Waals surface area (Å²) in [6.07, 6.45) is -2.06. The normalized spacial score (nSPS) is 12.2. The fraction of sp³-hybridized carbons (Fsp3) is 0.400. The molecular formula is C25H31N5O9. The number of carbonyl (C=O) groups is 4. The van der Waals surface area contributed by atoms with Crippen molar-refractivity contribution in [2.45, 2.75) is 27.2 Å². The van der Waals surface area contributed by atoms with Crippen molar-refractivity contribution in [3.05, 3.63) is 29.8 Å². The molecule has 0 aromatic heterocycles. The van der Waals surface area contributed by atoms with E-state index in [2.05, 4.69) is 15.6 Å². The molecule has 0 aromatic rings. The van der Waals surface area contributed by atoms with Gasteiger partial charge in [-0.05, 0) is 26.3 Å². The quantitative estimate of drug-likeness (QED) is 0.293. The number of fused-ring (bicyclic) bond motifs is 1. The maximum atomic E-state index is 12.9. The topological polar surface area (TPSA) is 180 Å². The first-order valence-electron chi connectivity index (χ1n) is 12.3. The van der Waals surface area contributed by atoms with E-state index in [0.29, 0.717) is 35.7 Å². The first-order valence-corrected chi connectivity index (χ1v) is 12.3. The zero-order valence-electron chi connectivity index (χ0n) is 21.9. The van der Waals surface area contributed by atoms with Gasteiger partial charge in [-0.1, -0.05) is 24.3 Å². The fourth-order valence-corrected chi connectivity index (χ4v) is 3.59. The lowest BCUT2D eigenvalue weighted by molar-refractivity contribution is -0.186. The molecule has 0 unspecified atom stereocenters. The Kier molecular flexibility index (Phi) is 10.3. The Hall–Kier alpha value is -4.59. The number of nitrogens with zero attached hydrogens (tertiary/aromatic N) is 2. The molecule has 0 spiro atoms. The van der Waals surface area contributed by atoms with Crippen molar-refractivity contribution in [1.29, 1.82) is 0 Å². The summed E-state index contributed by atoms with van der Waals surface area (Å²) < 4.78 is 20.2. The monoisotopic (exact) mass is 545 g/mol. The van der Waals surface area contributed by atoms with Gasteiger partial charge in [-0.25, -0.2) is 14.7 Å². The van der Waals surface area contributed by atoms with Gasteiger partial charge in [0, 0.05) is 24.2 Å². The molecule has 1 aliphatic heterocycles. The third-order valence-corrected chi connectivity index (χ3v) is 5.30. The standard InChI is InChI=1S/C25H31N5O9/c1-4-30(37-14-18(31)29-23-27-11-12-28-23)19(32)13-15-7-9-16-17(10-8-15)22(39-25(34)36-6-3)20(26)21(16)38-24(33)35-5-2/h7-10H,4-6,11-14,26H2,1-3H3,(H2,27,28,29,31). The lowest BCUT2D eigenvalue weighted by Crippen LogP contribution is -2.42. The zero-order chi connectivity index (χ0) is 28.4. The van der Waals surface area contributed by atoms with Crippen LogP contribution >= 0.6 is 0 Å². The largest absolute Gasteiger partial charge is 0.513 e. The molecule has 0 bridgehead atoms. The van der Waals surface area contributed by atoms with E-state index in [0.717, 1.165) is 5.06 Å². The van der Waals surface area contributed by atoms with Crippen molar-refractivity contribution in [3.8, 4) is 22.6 Å². The highest BCUT2D eigenvalue weighted by Crippen LogP contribution is 2.50. The molecule has 1 heterocycles. The summed E-state index contributed by atoms with van der Waals surface area (Å²) in [7, 11) is 0. The van der Waals surface area contributed by atoms with E-state index in [-0.39, 0.29) is 50.0 Å². The van der Waals surface area contributed by atoms with Crippen LogP contribution in [0.5, 0.6) is 11.5 Å². The molecule has 4 N–H and O–H groups in total. The number of nitrogen functional groups attached to an aromatic ring is 1. The first-order chi connectivity index (χ1) is 18.8. The smallest absolute Gasteiger partial charge is 0.434 e. The van der Waals surface area contributed by atoms with E-state index in [9.17, 15) is 19.2 Å². The van der Waals surface area contributed by atoms with Crippen LogP contribution in [0, 0.1) is 0 Å². The maximum Gasteiger partial charge on any atom is 0.513 e. The number of likely N-dealkylation sites (N-methyl/N-ethyl adjacent to an activating group) is 1. The summed E-state index contributed by atoms with van der Waals surface area (Å²) in [5.41, 5.74) is 7.27. The number of aliphatic imine (C=N–C) groups is 1. The minimum absolute atomic E-state index is 0.0675. The minimum atomic E-state index is -0.990. The van der Waals surface area contributed by atoms with Crippen molar-refractivity contribution in [1.82, 2.24) is 15.7 Å². The second-order valence-electron chi connectivity index (χ2n) is 7.95. The van der Waals surface area contributed by atoms with Crippen molar-refractivity contribution in [3.63, 3.8) is 0 Å². The Balaban J connectivity index is 1.79. The Bertz CT molecular complexity index is 1160. The van der Waals surface area contributed by atoms with E-state index >= 15 is 0 Å². The van der Waals surface area contributed by atoms with Gasteiger partial charge in [0.25, 0.3) is 11.8 Å². The lowest BCUT2D eigenvalue weighted by atomic mass is 10.2. The van der Waals surface area contributed by atoms with Crippen LogP contribution < -0.4 is 25.8 Å². The van der Waals surface area contributed by atoms with Gasteiger partial charge in [0.05, 0.1) is 26.2 Å². The average Bonchev–Trinajstić information content (AvgIpc) is 3.41. The third-order valence-electron chi connectivity index (χ3n) is 5.30. The number of amides is 2. The molecule has 3 aliphatic rings. The van der Waals surface area contributed by atoms with Crippen molar-refractivity contribution < 1.29 is 43.0 Å². The van der Waals surface area contributed by atoms with Crippen molar-refractivity contribution in [2.24, 2.45) is 4.99 Å². The molecule has 2 aliphatic carbocycles. The summed E-state index contributed by atoms with van der Waals surface area (Å²) in [5.74, 6) is -0.630. The summed E-state index contributed by atoms with van der Waals surface area (Å²) >= 11 is 0. The number of ether oxygens (including phenoxy) is 4. The van der Waals surface area contributed by atoms with Crippen LogP contribution in [0.3, 0.4) is 0 Å². The Morgan fingerprint density at radius 2 is 1.56 bits per heavy atom. The van der Waals surface area contributed by atoms with Crippen LogP contribution in [-0.4, -0.2) is 74.6 Å². The van der Waals surface area contributed by atoms with Gasteiger partial charge in [0.2, 0.25) is 0 Å². The maximum absolute atomic E-state index is 12.9. The second-order valence-corrected chi connectivity index (χ2v) is 7.95. The SMILES string of the molecule is CCOC(=O)Oc1c2ccc(CC(=O)N(CC)OCC(=O)NC3=NCCN3)ccc-2c(OC(=O)OCC)c1N. The summed E-state index contributed by atoms with van der Waals surface area (Å²) in [6.45, 7) is 6.12. The van der Waals surface area contributed by atoms with Crippen LogP contribution in [0.1, 0.15) is 26.3 Å². The van der Waals surface area contributed by atoms with Gasteiger partial charge in [0.1, 0.15) is 5.69 Å². The second kappa shape index (κ2) is 13.8. The lowest BCUT2D eigenvalue weighted by Gasteiger charge is -2.19. The molecule has 0 saturated heterocycles. The number of anilines is 1. The number of nitrogens with one attached hydrogen (secondary N) is 2. The Morgan fingerprint density at radius 3 is 2.05 bits per heavy atom. The minimum Gasteiger partial charge on any atom is -0.434 e. The number of hydrogen-bond donors (Lipinski definition) is 3. The average molecular weight is 546 g/mol. The molecule has 14 heteroatoms. The highest BCUT2D eigenvalue weighted by atomic mass is 16.7. The van der Waals surface area contributed by atoms with E-state index in [1.54, 1.807) is 45.0 Å². The van der Waals surface area contributed by atoms with Crippen LogP contribution in [0.25, 0.3) is 11.1 Å². The van der Waals surface area contributed by atoms with Gasteiger partial charge in [0.15, 0.2) is 24.1 Å². The number of nitrogens with two attached hydrogens (primary N) is 1. The molecule has 210 valence electrons. The predicted molar refractivity (Wildman–Crippen MR) is 138 cm³/mol. The fourth-order valence-electron chi connectivity index (χ4n) is 3.59. The van der Waals surface area contributed by atoms with Crippen LogP contribution in [0.4, 0.5) is 15.3 Å². The molecule has 0 radical (unpaired) electrons. The van der Waals surface area contributed by atoms with Crippen LogP contribution in [0.2, 0.25) is 0 Å². The van der Waals surface area contributed by atoms with Gasteiger partial charge in [-0.2, -0.15) is 0 Å². The van der Waals surface area contributed by atoms with E-state index in [1.807, 2.05) is 0 Å². The Morgan fingerprint density at radius 1 is 0.974 bits per heavy atom. The van der Waals surface area contributed by atoms with Crippen molar-refractivity contribution in [2.75, 3.05) is 45.2 Å². The molecule has 0 atom stereocenters. The summed E-state index contributed by atoms with van der Waals surface area (Å²) in [6, 6.07) is 6.38. The highest BCUT2D eigenvalue weighted by molar-refractivity contribution is 5.98. The number of hydrogen-bond acceptors (Lipinski definition) is 12. The summed E-state index contributed by atoms with van der Waals surface area (Å²) in [5, 5.41) is 6.55. The molecule has 39 heavy (non-hydrogen) atoms. The number of rotatable bonds is 10. The summed E-state index contributed by atoms with van der Waals surface area (Å²) in [4.78, 5) is 58.5. The molecule has 0 saturated carbocycles. The van der Waals surface area contributed by atoms with Gasteiger partial charge in [-0.15, -0.1) is 0 Å².